The Kier molecular flexibility index (Phi) is 6.21. The van der Waals surface area contributed by atoms with Gasteiger partial charge >= 0.3 is 160 Å². The minimum atomic E-state index is -1.17. The molecule has 3 N–H and O–H groups in total. The Labute approximate surface area is 160 Å². The van der Waals surface area contributed by atoms with Crippen molar-refractivity contribution < 1.29 is 19.1 Å². The van der Waals surface area contributed by atoms with Crippen LogP contribution in [0.3, 0.4) is 0 Å². The van der Waals surface area contributed by atoms with Crippen LogP contribution in [0.15, 0.2) is 18.3 Å². The molecule has 8 nitrogen and oxygen atoms in total. The molecule has 0 aliphatic rings. The van der Waals surface area contributed by atoms with Gasteiger partial charge in [0.25, 0.3) is 0 Å². The van der Waals surface area contributed by atoms with E-state index in [4.69, 9.17) is 15.2 Å². The van der Waals surface area contributed by atoms with Crippen molar-refractivity contribution in [2.45, 2.75) is 39.3 Å². The van der Waals surface area contributed by atoms with Crippen LogP contribution in [0.1, 0.15) is 49.8 Å². The second-order valence-corrected chi connectivity index (χ2v) is 7.32. The van der Waals surface area contributed by atoms with Crippen LogP contribution in [0.4, 0.5) is 0 Å². The van der Waals surface area contributed by atoms with E-state index in [9.17, 15) is 9.59 Å². The fourth-order valence-electron chi connectivity index (χ4n) is 2.21. The van der Waals surface area contributed by atoms with Crippen molar-refractivity contribution in [1.82, 2.24) is 15.0 Å². The topological polar surface area (TPSA) is 120 Å². The van der Waals surface area contributed by atoms with E-state index < -0.39 is 23.6 Å². The molecule has 2 radical (unpaired) electrons. The molecule has 2 aromatic rings. The molecule has 0 bridgehead atoms. The molecule has 0 saturated carbocycles. The van der Waals surface area contributed by atoms with Gasteiger partial charge in [0.05, 0.1) is 0 Å². The third kappa shape index (κ3) is 4.93. The van der Waals surface area contributed by atoms with Crippen molar-refractivity contribution >= 4 is 33.4 Å². The number of rotatable bonds is 5. The van der Waals surface area contributed by atoms with Gasteiger partial charge in [-0.05, 0) is 0 Å². The van der Waals surface area contributed by atoms with Crippen LogP contribution in [0.25, 0.3) is 11.4 Å². The fraction of sp³-hybridized carbons (Fsp3) is 0.412. The van der Waals surface area contributed by atoms with E-state index in [1.54, 1.807) is 46.0 Å². The molecule has 0 aliphatic heterocycles. The van der Waals surface area contributed by atoms with Gasteiger partial charge in [0.1, 0.15) is 0 Å². The van der Waals surface area contributed by atoms with Crippen molar-refractivity contribution in [3.8, 4) is 11.4 Å². The average molecular weight is 420 g/mol. The Hall–Kier alpha value is -2.18. The van der Waals surface area contributed by atoms with E-state index in [0.717, 1.165) is 0 Å². The Balaban J connectivity index is 2.45. The number of H-pyrrole nitrogens is 1. The predicted octanol–water partition coefficient (Wildman–Crippen LogP) is 0.784. The monoisotopic (exact) mass is 420 g/mol. The fourth-order valence-corrected chi connectivity index (χ4v) is 2.58. The number of esters is 2. The zero-order valence-corrected chi connectivity index (χ0v) is 16.9. The molecule has 0 saturated heterocycles. The van der Waals surface area contributed by atoms with E-state index in [0.29, 0.717) is 16.0 Å². The summed E-state index contributed by atoms with van der Waals surface area (Å²) in [4.78, 5) is 36.0. The van der Waals surface area contributed by atoms with Crippen LogP contribution >= 0.6 is 0 Å². The van der Waals surface area contributed by atoms with Gasteiger partial charge in [0, 0.05) is 0 Å². The van der Waals surface area contributed by atoms with Gasteiger partial charge in [-0.3, -0.25) is 0 Å². The molecule has 1 atom stereocenters. The Morgan fingerprint density at radius 2 is 2.08 bits per heavy atom. The molecule has 2 rings (SSSR count). The third-order valence-electron chi connectivity index (χ3n) is 3.23. The van der Waals surface area contributed by atoms with Crippen molar-refractivity contribution in [2.24, 2.45) is 5.73 Å². The van der Waals surface area contributed by atoms with Crippen LogP contribution in [-0.2, 0) is 14.3 Å². The molecule has 0 aliphatic carbocycles. The number of nitrogens with two attached hydrogens (primary N) is 1. The molecule has 0 fully saturated rings. The molecular formula is C17H21AsN4O4. The van der Waals surface area contributed by atoms with Crippen molar-refractivity contribution in [1.29, 1.82) is 0 Å². The Morgan fingerprint density at radius 1 is 1.38 bits per heavy atom. The van der Waals surface area contributed by atoms with Crippen molar-refractivity contribution in [3.63, 3.8) is 0 Å². The molecule has 2 aromatic heterocycles. The zero-order valence-electron chi connectivity index (χ0n) is 15.1. The first kappa shape index (κ1) is 20.1. The van der Waals surface area contributed by atoms with E-state index >= 15 is 0 Å². The van der Waals surface area contributed by atoms with Crippen LogP contribution in [0, 0.1) is 0 Å². The van der Waals surface area contributed by atoms with Gasteiger partial charge in [-0.1, -0.05) is 0 Å². The van der Waals surface area contributed by atoms with Gasteiger partial charge in [0.15, 0.2) is 0 Å². The SMILES string of the molecule is CCOC(=O)c1cc(-c2ccnc([As])n2)[nH]c1C(N)C(=O)OC(C)(C)C. The summed E-state index contributed by atoms with van der Waals surface area (Å²) in [7, 11) is 0. The first-order valence-electron chi connectivity index (χ1n) is 8.03. The number of nitrogens with zero attached hydrogens (tertiary/aromatic N) is 2. The van der Waals surface area contributed by atoms with Crippen LogP contribution in [0.5, 0.6) is 0 Å². The summed E-state index contributed by atoms with van der Waals surface area (Å²) in [5, 5.41) is 0. The molecule has 138 valence electrons. The van der Waals surface area contributed by atoms with E-state index in [-0.39, 0.29) is 17.9 Å². The zero-order chi connectivity index (χ0) is 19.5. The molecule has 0 aromatic carbocycles. The summed E-state index contributed by atoms with van der Waals surface area (Å²) < 4.78 is 10.9. The van der Waals surface area contributed by atoms with Crippen LogP contribution in [-0.4, -0.2) is 56.0 Å². The number of carbonyl (C=O) groups is 2. The predicted molar refractivity (Wildman–Crippen MR) is 95.9 cm³/mol. The standard InChI is InChI=1S/C17H21AsN4O4/c1-5-25-14(23)9-8-11(10-6-7-20-16(18)22-10)21-13(9)12(19)15(24)26-17(2,3)4/h6-8,12,21H,5,19H2,1-4H3. The first-order valence-corrected chi connectivity index (χ1v) is 8.97. The minimum absolute atomic E-state index is 0.172. The average Bonchev–Trinajstić information content (AvgIpc) is 2.98. The van der Waals surface area contributed by atoms with E-state index in [1.807, 2.05) is 0 Å². The van der Waals surface area contributed by atoms with Gasteiger partial charge in [-0.25, -0.2) is 0 Å². The maximum absolute atomic E-state index is 12.3. The molecular weight excluding hydrogens is 399 g/mol. The molecule has 9 heteroatoms. The Morgan fingerprint density at radius 3 is 2.65 bits per heavy atom. The summed E-state index contributed by atoms with van der Waals surface area (Å²) in [6, 6.07) is 2.08. The quantitative estimate of drug-likeness (QED) is 0.542. The van der Waals surface area contributed by atoms with Gasteiger partial charge in [-0.2, -0.15) is 0 Å². The van der Waals surface area contributed by atoms with Crippen molar-refractivity contribution in [2.75, 3.05) is 6.61 Å². The van der Waals surface area contributed by atoms with Crippen molar-refractivity contribution in [3.05, 3.63) is 29.6 Å². The summed E-state index contributed by atoms with van der Waals surface area (Å²) in [5.41, 5.74) is 6.83. The van der Waals surface area contributed by atoms with Gasteiger partial charge in [-0.15, -0.1) is 0 Å². The van der Waals surface area contributed by atoms with Gasteiger partial charge < -0.3 is 0 Å². The Bertz CT molecular complexity index is 813. The molecule has 2 heterocycles. The van der Waals surface area contributed by atoms with E-state index in [1.165, 1.54) is 0 Å². The number of aromatic amines is 1. The molecule has 0 spiro atoms. The number of carbonyl (C=O) groups excluding carboxylic acids is 2. The third-order valence-corrected chi connectivity index (χ3v) is 3.69. The molecule has 26 heavy (non-hydrogen) atoms. The normalized spacial score (nSPS) is 12.5. The molecule has 0 amide bonds. The number of hydrogen-bond acceptors (Lipinski definition) is 7. The summed E-state index contributed by atoms with van der Waals surface area (Å²) in [6.45, 7) is 7.12. The van der Waals surface area contributed by atoms with Gasteiger partial charge in [0.2, 0.25) is 0 Å². The first-order chi connectivity index (χ1) is 12.1. The second-order valence-electron chi connectivity index (χ2n) is 6.48. The summed E-state index contributed by atoms with van der Waals surface area (Å²) in [5.74, 6) is -1.22. The summed E-state index contributed by atoms with van der Waals surface area (Å²) in [6.07, 6.45) is 1.59. The van der Waals surface area contributed by atoms with Crippen LogP contribution in [0.2, 0.25) is 0 Å². The number of nitrogens with one attached hydrogen (secondary N) is 1. The second kappa shape index (κ2) is 8.01. The number of aromatic nitrogens is 3. The number of hydrogen-bond donors (Lipinski definition) is 2. The maximum atomic E-state index is 12.3. The molecule has 1 unspecified atom stereocenters. The van der Waals surface area contributed by atoms with Crippen LogP contribution < -0.4 is 10.3 Å². The summed E-state index contributed by atoms with van der Waals surface area (Å²) >= 11 is 2.24. The number of ether oxygens (including phenoxy) is 2. The van der Waals surface area contributed by atoms with E-state index in [2.05, 4.69) is 31.8 Å².